The van der Waals surface area contributed by atoms with Crippen molar-refractivity contribution in [2.24, 2.45) is 0 Å². The van der Waals surface area contributed by atoms with Crippen LogP contribution < -0.4 is 0 Å². The number of carbonyl (C=O) groups excluding carboxylic acids is 1. The van der Waals surface area contributed by atoms with Gasteiger partial charge in [-0.2, -0.15) is 0 Å². The van der Waals surface area contributed by atoms with Gasteiger partial charge < -0.3 is 4.98 Å². The number of rotatable bonds is 2. The Balaban J connectivity index is 1.77. The highest BCUT2D eigenvalue weighted by Gasteiger charge is 2.35. The third-order valence-corrected chi connectivity index (χ3v) is 3.05. The number of hydrogen-bond donors (Lipinski definition) is 1. The lowest BCUT2D eigenvalue weighted by atomic mass is 9.98. The molecule has 0 aromatic carbocycles. The quantitative estimate of drug-likeness (QED) is 0.639. The van der Waals surface area contributed by atoms with Gasteiger partial charge in [0.2, 0.25) is 0 Å². The van der Waals surface area contributed by atoms with Crippen molar-refractivity contribution in [3.05, 3.63) is 36.2 Å². The summed E-state index contributed by atoms with van der Waals surface area (Å²) in [6, 6.07) is -0.164. The first-order valence-corrected chi connectivity index (χ1v) is 5.78. The van der Waals surface area contributed by atoms with Gasteiger partial charge in [-0.1, -0.05) is 12.2 Å². The van der Waals surface area contributed by atoms with Crippen LogP contribution in [0.25, 0.3) is 6.08 Å². The molecule has 0 spiro atoms. The van der Waals surface area contributed by atoms with E-state index in [-0.39, 0.29) is 12.1 Å². The van der Waals surface area contributed by atoms with E-state index in [1.165, 1.54) is 12.5 Å². The molecule has 2 atom stereocenters. The molecule has 1 N–H and O–H groups in total. The molecule has 1 amide bonds. The molecule has 2 aliphatic heterocycles. The monoisotopic (exact) mass is 249 g/mol. The van der Waals surface area contributed by atoms with Crippen LogP contribution in [0.5, 0.6) is 0 Å². The van der Waals surface area contributed by atoms with Crippen LogP contribution in [-0.4, -0.2) is 33.1 Å². The zero-order valence-electron chi connectivity index (χ0n) is 9.54. The van der Waals surface area contributed by atoms with Gasteiger partial charge in [-0.25, -0.2) is 14.4 Å². The van der Waals surface area contributed by atoms with E-state index >= 15 is 0 Å². The van der Waals surface area contributed by atoms with Gasteiger partial charge in [-0.15, -0.1) is 0 Å². The van der Waals surface area contributed by atoms with Gasteiger partial charge in [0.05, 0.1) is 24.3 Å². The number of halogens is 1. The predicted molar refractivity (Wildman–Crippen MR) is 61.6 cm³/mol. The van der Waals surface area contributed by atoms with E-state index in [1.807, 2.05) is 12.2 Å². The number of fused-ring (bicyclic) bond motifs is 2. The topological polar surface area (TPSA) is 58.2 Å². The summed E-state index contributed by atoms with van der Waals surface area (Å²) < 4.78 is 13.8. The Kier molecular flexibility index (Phi) is 2.71. The third-order valence-electron chi connectivity index (χ3n) is 3.05. The van der Waals surface area contributed by atoms with Crippen LogP contribution in [-0.2, 0) is 9.63 Å². The van der Waals surface area contributed by atoms with E-state index in [2.05, 4.69) is 9.97 Å². The smallest absolute Gasteiger partial charge is 0.306 e. The molecule has 1 aliphatic carbocycles. The highest BCUT2D eigenvalue weighted by Crippen LogP contribution is 2.28. The van der Waals surface area contributed by atoms with Crippen LogP contribution >= 0.6 is 0 Å². The number of H-pyrrole nitrogens is 1. The lowest BCUT2D eigenvalue weighted by Crippen LogP contribution is -2.48. The van der Waals surface area contributed by atoms with Crippen molar-refractivity contribution in [3.8, 4) is 0 Å². The molecule has 1 saturated heterocycles. The van der Waals surface area contributed by atoms with Gasteiger partial charge in [0.1, 0.15) is 6.10 Å². The zero-order chi connectivity index (χ0) is 12.5. The number of carbonyl (C=O) groups is 1. The minimum Gasteiger partial charge on any atom is -0.345 e. The highest BCUT2D eigenvalue weighted by atomic mass is 19.1. The second-order valence-electron chi connectivity index (χ2n) is 4.30. The summed E-state index contributed by atoms with van der Waals surface area (Å²) in [5, 5.41) is 1.12. The number of amides is 1. The number of imidazole rings is 1. The second-order valence-corrected chi connectivity index (χ2v) is 4.30. The van der Waals surface area contributed by atoms with Crippen LogP contribution in [0.2, 0.25) is 0 Å². The fraction of sp³-hybridized carbons (Fsp3) is 0.333. The largest absolute Gasteiger partial charge is 0.345 e. The van der Waals surface area contributed by atoms with Gasteiger partial charge in [-0.3, -0.25) is 9.63 Å². The third kappa shape index (κ3) is 1.95. The molecule has 2 unspecified atom stereocenters. The minimum atomic E-state index is -0.861. The molecule has 2 bridgehead atoms. The van der Waals surface area contributed by atoms with Gasteiger partial charge in [0.15, 0.2) is 5.83 Å². The first kappa shape index (κ1) is 11.2. The maximum absolute atomic E-state index is 13.8. The van der Waals surface area contributed by atoms with Crippen molar-refractivity contribution in [2.75, 3.05) is 0 Å². The van der Waals surface area contributed by atoms with Gasteiger partial charge >= 0.3 is 5.91 Å². The number of nitrogens with zero attached hydrogens (tertiary/aromatic N) is 2. The SMILES string of the molecule is O=C(/C(F)=C/c1cnc[nH]1)N1OC2C=CC1CC2. The molecule has 3 aliphatic rings. The molecule has 94 valence electrons. The summed E-state index contributed by atoms with van der Waals surface area (Å²) in [7, 11) is 0. The molecule has 0 radical (unpaired) electrons. The molecule has 0 saturated carbocycles. The van der Waals surface area contributed by atoms with Crippen molar-refractivity contribution < 1.29 is 14.0 Å². The van der Waals surface area contributed by atoms with Crippen molar-refractivity contribution in [3.63, 3.8) is 0 Å². The predicted octanol–water partition coefficient (Wildman–Crippen LogP) is 1.58. The molecule has 1 aromatic heterocycles. The van der Waals surface area contributed by atoms with Crippen molar-refractivity contribution in [1.29, 1.82) is 0 Å². The maximum atomic E-state index is 13.8. The summed E-state index contributed by atoms with van der Waals surface area (Å²) in [6.07, 6.45) is 9.35. The number of nitrogens with one attached hydrogen (secondary N) is 1. The minimum absolute atomic E-state index is 0.112. The maximum Gasteiger partial charge on any atom is 0.306 e. The van der Waals surface area contributed by atoms with Crippen molar-refractivity contribution >= 4 is 12.0 Å². The van der Waals surface area contributed by atoms with Gasteiger partial charge in [0, 0.05) is 6.08 Å². The Hall–Kier alpha value is -1.95. The van der Waals surface area contributed by atoms with Crippen molar-refractivity contribution in [2.45, 2.75) is 25.0 Å². The Morgan fingerprint density at radius 3 is 3.00 bits per heavy atom. The fourth-order valence-corrected chi connectivity index (χ4v) is 2.13. The number of hydroxylamine groups is 2. The van der Waals surface area contributed by atoms with Crippen LogP contribution in [0, 0.1) is 0 Å². The summed E-state index contributed by atoms with van der Waals surface area (Å²) in [5.41, 5.74) is 0.443. The zero-order valence-corrected chi connectivity index (χ0v) is 9.54. The van der Waals surface area contributed by atoms with Crippen LogP contribution in [0.4, 0.5) is 4.39 Å². The highest BCUT2D eigenvalue weighted by molar-refractivity contribution is 5.95. The number of aromatic amines is 1. The summed E-state index contributed by atoms with van der Waals surface area (Å²) in [4.78, 5) is 23.7. The van der Waals surface area contributed by atoms with E-state index in [1.54, 1.807) is 0 Å². The van der Waals surface area contributed by atoms with E-state index in [4.69, 9.17) is 4.84 Å². The molecular weight excluding hydrogens is 237 g/mol. The first-order chi connectivity index (χ1) is 8.74. The number of aromatic nitrogens is 2. The Morgan fingerprint density at radius 2 is 2.44 bits per heavy atom. The van der Waals surface area contributed by atoms with Crippen LogP contribution in [0.15, 0.2) is 30.5 Å². The summed E-state index contributed by atoms with van der Waals surface area (Å²) >= 11 is 0. The lowest BCUT2D eigenvalue weighted by molar-refractivity contribution is -0.228. The Morgan fingerprint density at radius 1 is 1.56 bits per heavy atom. The van der Waals surface area contributed by atoms with Gasteiger partial charge in [-0.05, 0) is 12.8 Å². The number of hydrogen-bond acceptors (Lipinski definition) is 3. The summed E-state index contributed by atoms with van der Waals surface area (Å²) in [6.45, 7) is 0. The standard InChI is InChI=1S/C12H12FN3O2/c13-11(5-8-6-14-7-15-8)12(17)16-9-1-3-10(18-16)4-2-9/h1,3,5-7,9-10H,2,4H2,(H,14,15)/b11-5-. The van der Waals surface area contributed by atoms with Crippen LogP contribution in [0.3, 0.4) is 0 Å². The average molecular weight is 249 g/mol. The fourth-order valence-electron chi connectivity index (χ4n) is 2.13. The van der Waals surface area contributed by atoms with E-state index in [0.717, 1.165) is 24.0 Å². The molecule has 4 rings (SSSR count). The van der Waals surface area contributed by atoms with E-state index in [0.29, 0.717) is 5.69 Å². The Bertz CT molecular complexity index is 509. The van der Waals surface area contributed by atoms with E-state index < -0.39 is 11.7 Å². The first-order valence-electron chi connectivity index (χ1n) is 5.78. The Labute approximate surface area is 103 Å². The normalized spacial score (nSPS) is 26.7. The summed E-state index contributed by atoms with van der Waals surface area (Å²) in [5.74, 6) is -1.61. The molecule has 3 heterocycles. The molecule has 1 aromatic rings. The molecule has 18 heavy (non-hydrogen) atoms. The van der Waals surface area contributed by atoms with Crippen LogP contribution in [0.1, 0.15) is 18.5 Å². The molecule has 1 fully saturated rings. The molecule has 5 nitrogen and oxygen atoms in total. The average Bonchev–Trinajstić information content (AvgIpc) is 2.92. The van der Waals surface area contributed by atoms with Crippen molar-refractivity contribution in [1.82, 2.24) is 15.0 Å². The second kappa shape index (κ2) is 4.38. The van der Waals surface area contributed by atoms with Gasteiger partial charge in [0.25, 0.3) is 0 Å². The molecular formula is C12H12FN3O2. The molecule has 6 heteroatoms. The van der Waals surface area contributed by atoms with E-state index in [9.17, 15) is 9.18 Å². The lowest BCUT2D eigenvalue weighted by Gasteiger charge is -2.39.